The van der Waals surface area contributed by atoms with Gasteiger partial charge in [-0.25, -0.2) is 4.39 Å². The molecule has 0 aliphatic rings. The van der Waals surface area contributed by atoms with Crippen LogP contribution in [0.15, 0.2) is 24.3 Å². The SMILES string of the molecule is NCC(=S)Nc1ccc(F)cc1. The normalized spacial score (nSPS) is 9.50. The molecule has 0 aliphatic carbocycles. The van der Waals surface area contributed by atoms with E-state index >= 15 is 0 Å². The van der Waals surface area contributed by atoms with Crippen LogP contribution in [-0.4, -0.2) is 11.5 Å². The third-order valence-corrected chi connectivity index (χ3v) is 1.58. The Bertz CT molecular complexity index is 271. The molecule has 0 aliphatic heterocycles. The summed E-state index contributed by atoms with van der Waals surface area (Å²) < 4.78 is 12.4. The van der Waals surface area contributed by atoms with Crippen LogP contribution < -0.4 is 11.1 Å². The molecule has 1 aromatic rings. The standard InChI is InChI=1S/C8H9FN2S/c9-6-1-3-7(4-2-6)11-8(12)5-10/h1-4H,5,10H2,(H,11,12). The average Bonchev–Trinajstić information content (AvgIpc) is 2.09. The van der Waals surface area contributed by atoms with E-state index in [0.717, 1.165) is 5.69 Å². The summed E-state index contributed by atoms with van der Waals surface area (Å²) in [6, 6.07) is 5.94. The third-order valence-electron chi connectivity index (χ3n) is 1.31. The number of hydrogen-bond donors (Lipinski definition) is 2. The van der Waals surface area contributed by atoms with Crippen molar-refractivity contribution in [1.82, 2.24) is 0 Å². The average molecular weight is 184 g/mol. The van der Waals surface area contributed by atoms with Gasteiger partial charge in [0.2, 0.25) is 0 Å². The molecular formula is C8H9FN2S. The molecule has 0 atom stereocenters. The first-order valence-corrected chi connectivity index (χ1v) is 3.88. The van der Waals surface area contributed by atoms with E-state index in [1.54, 1.807) is 12.1 Å². The van der Waals surface area contributed by atoms with E-state index in [0.29, 0.717) is 11.5 Å². The van der Waals surface area contributed by atoms with E-state index in [2.05, 4.69) is 5.32 Å². The minimum atomic E-state index is -0.265. The number of rotatable bonds is 2. The quantitative estimate of drug-likeness (QED) is 0.684. The maximum absolute atomic E-state index is 12.4. The van der Waals surface area contributed by atoms with Crippen molar-refractivity contribution in [3.8, 4) is 0 Å². The maximum atomic E-state index is 12.4. The number of nitrogens with one attached hydrogen (secondary N) is 1. The van der Waals surface area contributed by atoms with Crippen molar-refractivity contribution >= 4 is 22.9 Å². The van der Waals surface area contributed by atoms with Gasteiger partial charge >= 0.3 is 0 Å². The molecule has 0 saturated heterocycles. The van der Waals surface area contributed by atoms with E-state index in [9.17, 15) is 4.39 Å². The van der Waals surface area contributed by atoms with E-state index in [-0.39, 0.29) is 5.82 Å². The van der Waals surface area contributed by atoms with Crippen molar-refractivity contribution in [3.05, 3.63) is 30.1 Å². The lowest BCUT2D eigenvalue weighted by atomic mass is 10.3. The van der Waals surface area contributed by atoms with Crippen LogP contribution in [0.4, 0.5) is 10.1 Å². The Morgan fingerprint density at radius 3 is 2.50 bits per heavy atom. The lowest BCUT2D eigenvalue weighted by molar-refractivity contribution is 0.628. The lowest BCUT2D eigenvalue weighted by Crippen LogP contribution is -2.19. The molecule has 4 heteroatoms. The summed E-state index contributed by atoms with van der Waals surface area (Å²) >= 11 is 4.84. The van der Waals surface area contributed by atoms with E-state index in [1.165, 1.54) is 12.1 Å². The Morgan fingerprint density at radius 1 is 1.42 bits per heavy atom. The number of thiocarbonyl (C=S) groups is 1. The molecule has 1 aromatic carbocycles. The van der Waals surface area contributed by atoms with Gasteiger partial charge in [0.25, 0.3) is 0 Å². The fraction of sp³-hybridized carbons (Fsp3) is 0.125. The molecule has 0 radical (unpaired) electrons. The van der Waals surface area contributed by atoms with Crippen molar-refractivity contribution in [3.63, 3.8) is 0 Å². The third kappa shape index (κ3) is 2.56. The molecule has 0 spiro atoms. The highest BCUT2D eigenvalue weighted by atomic mass is 32.1. The predicted octanol–water partition coefficient (Wildman–Crippen LogP) is 1.52. The summed E-state index contributed by atoms with van der Waals surface area (Å²) in [6.07, 6.45) is 0. The second-order valence-corrected chi connectivity index (χ2v) is 2.75. The van der Waals surface area contributed by atoms with Crippen LogP contribution >= 0.6 is 12.2 Å². The largest absolute Gasteiger partial charge is 0.349 e. The molecule has 0 aromatic heterocycles. The van der Waals surface area contributed by atoms with Gasteiger partial charge in [-0.05, 0) is 24.3 Å². The van der Waals surface area contributed by atoms with Crippen molar-refractivity contribution in [1.29, 1.82) is 0 Å². The van der Waals surface area contributed by atoms with Crippen LogP contribution in [0, 0.1) is 5.82 Å². The number of benzene rings is 1. The van der Waals surface area contributed by atoms with Crippen LogP contribution in [0.3, 0.4) is 0 Å². The van der Waals surface area contributed by atoms with Gasteiger partial charge in [0.15, 0.2) is 0 Å². The Balaban J connectivity index is 2.64. The topological polar surface area (TPSA) is 38.0 Å². The molecule has 0 bridgehead atoms. The number of anilines is 1. The van der Waals surface area contributed by atoms with Crippen LogP contribution in [0.5, 0.6) is 0 Å². The zero-order valence-corrected chi connectivity index (χ0v) is 7.20. The Kier molecular flexibility index (Phi) is 3.13. The van der Waals surface area contributed by atoms with Crippen LogP contribution in [-0.2, 0) is 0 Å². The van der Waals surface area contributed by atoms with Gasteiger partial charge in [0.05, 0.1) is 4.99 Å². The second-order valence-electron chi connectivity index (χ2n) is 2.26. The molecule has 64 valence electrons. The van der Waals surface area contributed by atoms with E-state index in [4.69, 9.17) is 18.0 Å². The number of hydrogen-bond acceptors (Lipinski definition) is 2. The van der Waals surface area contributed by atoms with Gasteiger partial charge in [-0.15, -0.1) is 0 Å². The molecule has 0 saturated carbocycles. The van der Waals surface area contributed by atoms with Crippen molar-refractivity contribution < 1.29 is 4.39 Å². The zero-order valence-electron chi connectivity index (χ0n) is 6.38. The van der Waals surface area contributed by atoms with Gasteiger partial charge in [-0.3, -0.25) is 0 Å². The molecule has 2 nitrogen and oxygen atoms in total. The number of nitrogens with two attached hydrogens (primary N) is 1. The molecule has 1 rings (SSSR count). The summed E-state index contributed by atoms with van der Waals surface area (Å²) in [5, 5.41) is 2.86. The van der Waals surface area contributed by atoms with Gasteiger partial charge in [0.1, 0.15) is 5.82 Å². The minimum absolute atomic E-state index is 0.265. The first-order valence-electron chi connectivity index (χ1n) is 3.48. The smallest absolute Gasteiger partial charge is 0.123 e. The predicted molar refractivity (Wildman–Crippen MR) is 51.7 cm³/mol. The zero-order chi connectivity index (χ0) is 8.97. The monoisotopic (exact) mass is 184 g/mol. The molecule has 0 fully saturated rings. The van der Waals surface area contributed by atoms with Gasteiger partial charge < -0.3 is 11.1 Å². The summed E-state index contributed by atoms with van der Waals surface area (Å²) in [7, 11) is 0. The molecular weight excluding hydrogens is 175 g/mol. The van der Waals surface area contributed by atoms with Gasteiger partial charge in [0, 0.05) is 12.2 Å². The lowest BCUT2D eigenvalue weighted by Gasteiger charge is -2.04. The molecule has 0 amide bonds. The molecule has 0 unspecified atom stereocenters. The summed E-state index contributed by atoms with van der Waals surface area (Å²) in [4.78, 5) is 0.543. The second kappa shape index (κ2) is 4.13. The Morgan fingerprint density at radius 2 is 2.00 bits per heavy atom. The Hall–Kier alpha value is -1.00. The molecule has 12 heavy (non-hydrogen) atoms. The van der Waals surface area contributed by atoms with Crippen LogP contribution in [0.25, 0.3) is 0 Å². The molecule has 3 N–H and O–H groups in total. The summed E-state index contributed by atoms with van der Waals surface area (Å²) in [5.74, 6) is -0.265. The van der Waals surface area contributed by atoms with Crippen molar-refractivity contribution in [2.45, 2.75) is 0 Å². The fourth-order valence-corrected chi connectivity index (χ4v) is 0.863. The van der Waals surface area contributed by atoms with Gasteiger partial charge in [-0.2, -0.15) is 0 Å². The van der Waals surface area contributed by atoms with E-state index < -0.39 is 0 Å². The first-order chi connectivity index (χ1) is 5.72. The first kappa shape index (κ1) is 9.09. The molecule has 0 heterocycles. The number of halogens is 1. The highest BCUT2D eigenvalue weighted by Gasteiger charge is 1.94. The van der Waals surface area contributed by atoms with Gasteiger partial charge in [-0.1, -0.05) is 12.2 Å². The van der Waals surface area contributed by atoms with E-state index in [1.807, 2.05) is 0 Å². The fourth-order valence-electron chi connectivity index (χ4n) is 0.745. The Labute approximate surface area is 75.6 Å². The van der Waals surface area contributed by atoms with Crippen LogP contribution in [0.1, 0.15) is 0 Å². The minimum Gasteiger partial charge on any atom is -0.349 e. The highest BCUT2D eigenvalue weighted by Crippen LogP contribution is 2.07. The maximum Gasteiger partial charge on any atom is 0.123 e. The van der Waals surface area contributed by atoms with Crippen molar-refractivity contribution in [2.24, 2.45) is 5.73 Å². The van der Waals surface area contributed by atoms with Crippen LogP contribution in [0.2, 0.25) is 0 Å². The summed E-state index contributed by atoms with van der Waals surface area (Å²) in [5.41, 5.74) is 6.03. The highest BCUT2D eigenvalue weighted by molar-refractivity contribution is 7.80. The summed E-state index contributed by atoms with van der Waals surface area (Å²) in [6.45, 7) is 0.298. The van der Waals surface area contributed by atoms with Crippen molar-refractivity contribution in [2.75, 3.05) is 11.9 Å².